The quantitative estimate of drug-likeness (QED) is 0.596. The molecule has 1 aromatic carbocycles. The van der Waals surface area contributed by atoms with E-state index in [1.54, 1.807) is 65.8 Å². The van der Waals surface area contributed by atoms with Crippen LogP contribution in [-0.2, 0) is 9.47 Å². The molecule has 1 aromatic rings. The monoisotopic (exact) mass is 461 g/mol. The summed E-state index contributed by atoms with van der Waals surface area (Å²) in [7, 11) is 0. The Balaban J connectivity index is 2.06. The Kier molecular flexibility index (Phi) is 8.11. The maximum Gasteiger partial charge on any atom is 0.407 e. The van der Waals surface area contributed by atoms with E-state index in [1.165, 1.54) is 0 Å². The summed E-state index contributed by atoms with van der Waals surface area (Å²) >= 11 is 0. The summed E-state index contributed by atoms with van der Waals surface area (Å²) in [6.07, 6.45) is -0.309. The first kappa shape index (κ1) is 26.2. The largest absolute Gasteiger partial charge is 0.444 e. The predicted octanol–water partition coefficient (Wildman–Crippen LogP) is 3.87. The highest BCUT2D eigenvalue weighted by Gasteiger charge is 2.37. The lowest BCUT2D eigenvalue weighted by Gasteiger charge is -2.27. The number of alkyl carbamates (subject to hydrolysis) is 2. The van der Waals surface area contributed by atoms with E-state index < -0.39 is 41.2 Å². The molecule has 0 saturated heterocycles. The van der Waals surface area contributed by atoms with Crippen molar-refractivity contribution in [3.63, 3.8) is 0 Å². The van der Waals surface area contributed by atoms with Crippen LogP contribution < -0.4 is 10.6 Å². The van der Waals surface area contributed by atoms with Crippen molar-refractivity contribution in [2.75, 3.05) is 6.54 Å². The second kappa shape index (κ2) is 10.2. The van der Waals surface area contributed by atoms with Crippen LogP contribution in [0.5, 0.6) is 0 Å². The van der Waals surface area contributed by atoms with Crippen molar-refractivity contribution in [2.24, 2.45) is 0 Å². The lowest BCUT2D eigenvalue weighted by molar-refractivity contribution is 0.0453. The molecule has 2 N–H and O–H groups in total. The molecule has 2 atom stereocenters. The summed E-state index contributed by atoms with van der Waals surface area (Å²) in [6, 6.07) is 5.80. The van der Waals surface area contributed by atoms with Crippen LogP contribution >= 0.6 is 0 Å². The molecular formula is C24H35N3O6. The van der Waals surface area contributed by atoms with Crippen molar-refractivity contribution >= 4 is 24.0 Å². The number of amides is 4. The summed E-state index contributed by atoms with van der Waals surface area (Å²) in [6.45, 7) is 12.4. The Bertz CT molecular complexity index is 865. The van der Waals surface area contributed by atoms with Crippen molar-refractivity contribution in [1.82, 2.24) is 15.5 Å². The van der Waals surface area contributed by atoms with E-state index >= 15 is 0 Å². The number of imide groups is 1. The van der Waals surface area contributed by atoms with Gasteiger partial charge in [-0.2, -0.15) is 0 Å². The average Bonchev–Trinajstić information content (AvgIpc) is 2.88. The Morgan fingerprint density at radius 3 is 1.76 bits per heavy atom. The number of hydrogen-bond donors (Lipinski definition) is 2. The van der Waals surface area contributed by atoms with E-state index in [-0.39, 0.29) is 12.6 Å². The van der Waals surface area contributed by atoms with Crippen molar-refractivity contribution in [3.05, 3.63) is 35.4 Å². The molecule has 0 bridgehead atoms. The molecule has 0 fully saturated rings. The number of carbonyl (C=O) groups is 4. The van der Waals surface area contributed by atoms with Crippen molar-refractivity contribution < 1.29 is 28.7 Å². The van der Waals surface area contributed by atoms with Gasteiger partial charge in [0.1, 0.15) is 11.2 Å². The van der Waals surface area contributed by atoms with Gasteiger partial charge in [0.25, 0.3) is 11.8 Å². The maximum absolute atomic E-state index is 12.8. The van der Waals surface area contributed by atoms with E-state index in [1.807, 2.05) is 6.92 Å². The van der Waals surface area contributed by atoms with Crippen molar-refractivity contribution in [1.29, 1.82) is 0 Å². The first-order valence-electron chi connectivity index (χ1n) is 11.1. The third-order valence-corrected chi connectivity index (χ3v) is 4.71. The van der Waals surface area contributed by atoms with Crippen LogP contribution in [0, 0.1) is 0 Å². The van der Waals surface area contributed by atoms with E-state index in [2.05, 4.69) is 10.6 Å². The van der Waals surface area contributed by atoms with Crippen LogP contribution in [0.3, 0.4) is 0 Å². The number of fused-ring (bicyclic) bond motifs is 1. The molecule has 0 aliphatic carbocycles. The summed E-state index contributed by atoms with van der Waals surface area (Å²) in [5.41, 5.74) is -0.622. The molecule has 0 spiro atoms. The number of benzene rings is 1. The van der Waals surface area contributed by atoms with Crippen LogP contribution in [0.2, 0.25) is 0 Å². The molecule has 2 rings (SSSR count). The number of nitrogens with zero attached hydrogens (tertiary/aromatic N) is 1. The number of nitrogens with one attached hydrogen (secondary N) is 2. The van der Waals surface area contributed by atoms with Crippen LogP contribution in [-0.4, -0.2) is 58.7 Å². The van der Waals surface area contributed by atoms with Crippen molar-refractivity contribution in [3.8, 4) is 0 Å². The highest BCUT2D eigenvalue weighted by atomic mass is 16.6. The normalized spacial score (nSPS) is 15.5. The molecule has 4 amide bonds. The zero-order chi connectivity index (χ0) is 25.0. The Morgan fingerprint density at radius 2 is 1.30 bits per heavy atom. The van der Waals surface area contributed by atoms with Crippen LogP contribution in [0.4, 0.5) is 9.59 Å². The Hall–Kier alpha value is -3.10. The van der Waals surface area contributed by atoms with Crippen LogP contribution in [0.15, 0.2) is 24.3 Å². The number of ether oxygens (including phenoxy) is 2. The topological polar surface area (TPSA) is 114 Å². The highest BCUT2D eigenvalue weighted by Crippen LogP contribution is 2.23. The molecule has 9 heteroatoms. The molecule has 1 unspecified atom stereocenters. The number of hydrogen-bond acceptors (Lipinski definition) is 6. The number of rotatable bonds is 7. The fraction of sp³-hybridized carbons (Fsp3) is 0.583. The lowest BCUT2D eigenvalue weighted by Crippen LogP contribution is -2.48. The molecule has 33 heavy (non-hydrogen) atoms. The smallest absolute Gasteiger partial charge is 0.407 e. The molecule has 9 nitrogen and oxygen atoms in total. The highest BCUT2D eigenvalue weighted by molar-refractivity contribution is 6.21. The maximum atomic E-state index is 12.8. The van der Waals surface area contributed by atoms with E-state index in [4.69, 9.17) is 9.47 Å². The first-order chi connectivity index (χ1) is 15.2. The van der Waals surface area contributed by atoms with Gasteiger partial charge in [0, 0.05) is 12.6 Å². The first-order valence-corrected chi connectivity index (χ1v) is 11.1. The fourth-order valence-electron chi connectivity index (χ4n) is 3.34. The molecular weight excluding hydrogens is 426 g/mol. The molecule has 0 radical (unpaired) electrons. The zero-order valence-corrected chi connectivity index (χ0v) is 20.5. The minimum atomic E-state index is -0.699. The zero-order valence-electron chi connectivity index (χ0n) is 20.5. The average molecular weight is 462 g/mol. The van der Waals surface area contributed by atoms with Gasteiger partial charge in [-0.05, 0) is 73.4 Å². The van der Waals surface area contributed by atoms with E-state index in [9.17, 15) is 19.2 Å². The molecule has 1 aliphatic heterocycles. The van der Waals surface area contributed by atoms with Gasteiger partial charge in [-0.3, -0.25) is 14.5 Å². The molecule has 0 saturated carbocycles. The SMILES string of the molecule is CC(CC[C@@H](CN1C(=O)c2ccccc2C1=O)NC(=O)OC(C)(C)C)NC(=O)OC(C)(C)C. The van der Waals surface area contributed by atoms with Crippen LogP contribution in [0.25, 0.3) is 0 Å². The summed E-state index contributed by atoms with van der Waals surface area (Å²) < 4.78 is 10.6. The molecule has 1 heterocycles. The third-order valence-electron chi connectivity index (χ3n) is 4.71. The van der Waals surface area contributed by atoms with Gasteiger partial charge in [-0.15, -0.1) is 0 Å². The number of carbonyl (C=O) groups excluding carboxylic acids is 4. The Morgan fingerprint density at radius 1 is 0.848 bits per heavy atom. The molecule has 1 aliphatic rings. The van der Waals surface area contributed by atoms with Crippen LogP contribution in [0.1, 0.15) is 82.0 Å². The summed E-state index contributed by atoms with van der Waals surface area (Å²) in [4.78, 5) is 51.1. The van der Waals surface area contributed by atoms with Gasteiger partial charge in [0.05, 0.1) is 17.2 Å². The third kappa shape index (κ3) is 8.07. The van der Waals surface area contributed by atoms with E-state index in [0.717, 1.165) is 4.90 Å². The predicted molar refractivity (Wildman–Crippen MR) is 123 cm³/mol. The minimum Gasteiger partial charge on any atom is -0.444 e. The standard InChI is InChI=1S/C24H35N3O6/c1-15(25-21(30)32-23(2,3)4)12-13-16(26-22(31)33-24(5,6)7)14-27-19(28)17-10-8-9-11-18(17)20(27)29/h8-11,15-16H,12-14H2,1-7H3,(H,25,30)(H,26,31)/t15?,16-/m0/s1. The molecule has 182 valence electrons. The summed E-state index contributed by atoms with van der Waals surface area (Å²) in [5, 5.41) is 5.52. The second-order valence-corrected chi connectivity index (χ2v) is 10.2. The fourth-order valence-corrected chi connectivity index (χ4v) is 3.34. The minimum absolute atomic E-state index is 0.00918. The summed E-state index contributed by atoms with van der Waals surface area (Å²) in [5.74, 6) is -0.793. The van der Waals surface area contributed by atoms with Crippen molar-refractivity contribution in [2.45, 2.75) is 84.6 Å². The van der Waals surface area contributed by atoms with Gasteiger partial charge in [-0.1, -0.05) is 12.1 Å². The lowest BCUT2D eigenvalue weighted by atomic mass is 10.1. The molecule has 0 aromatic heterocycles. The second-order valence-electron chi connectivity index (χ2n) is 10.2. The Labute approximate surface area is 195 Å². The van der Waals surface area contributed by atoms with Gasteiger partial charge in [-0.25, -0.2) is 9.59 Å². The van der Waals surface area contributed by atoms with Gasteiger partial charge in [0.15, 0.2) is 0 Å². The van der Waals surface area contributed by atoms with Gasteiger partial charge in [0.2, 0.25) is 0 Å². The van der Waals surface area contributed by atoms with Gasteiger partial charge >= 0.3 is 12.2 Å². The van der Waals surface area contributed by atoms with E-state index in [0.29, 0.717) is 24.0 Å². The van der Waals surface area contributed by atoms with Gasteiger partial charge < -0.3 is 20.1 Å².